The van der Waals surface area contributed by atoms with Crippen LogP contribution in [-0.2, 0) is 14.3 Å². The predicted octanol–water partition coefficient (Wildman–Crippen LogP) is 4.61. The molecule has 0 aliphatic carbocycles. The molecule has 0 bridgehead atoms. The number of ether oxygens (including phenoxy) is 2. The zero-order valence-electron chi connectivity index (χ0n) is 17.5. The van der Waals surface area contributed by atoms with E-state index in [1.54, 1.807) is 30.3 Å². The van der Waals surface area contributed by atoms with E-state index < -0.39 is 17.7 Å². The topological polar surface area (TPSA) is 76.1 Å². The van der Waals surface area contributed by atoms with Gasteiger partial charge in [-0.2, -0.15) is 0 Å². The average Bonchev–Trinajstić information content (AvgIpc) is 3.41. The number of carbonyl (C=O) groups is 2. The second kappa shape index (κ2) is 9.71. The Hall–Kier alpha value is -2.90. The van der Waals surface area contributed by atoms with Crippen molar-refractivity contribution in [2.75, 3.05) is 19.8 Å². The zero-order chi connectivity index (χ0) is 22.7. The fraction of sp³-hybridized carbons (Fsp3) is 0.280. The van der Waals surface area contributed by atoms with Crippen molar-refractivity contribution in [1.82, 2.24) is 4.90 Å². The minimum atomic E-state index is -0.694. The molecule has 0 radical (unpaired) electrons. The van der Waals surface area contributed by atoms with Crippen molar-refractivity contribution in [1.29, 1.82) is 0 Å². The van der Waals surface area contributed by atoms with E-state index in [4.69, 9.17) is 9.47 Å². The number of ketones is 1. The fourth-order valence-electron chi connectivity index (χ4n) is 4.09. The molecule has 2 aliphatic rings. The highest BCUT2D eigenvalue weighted by atomic mass is 79.9. The van der Waals surface area contributed by atoms with Crippen LogP contribution >= 0.6 is 15.9 Å². The van der Waals surface area contributed by atoms with Gasteiger partial charge in [0, 0.05) is 23.2 Å². The summed E-state index contributed by atoms with van der Waals surface area (Å²) in [6, 6.07) is 13.5. The number of benzene rings is 2. The van der Waals surface area contributed by atoms with Gasteiger partial charge in [0.15, 0.2) is 0 Å². The molecule has 0 aromatic heterocycles. The van der Waals surface area contributed by atoms with E-state index in [0.717, 1.165) is 22.9 Å². The number of amides is 1. The molecule has 2 aliphatic heterocycles. The Morgan fingerprint density at radius 1 is 1.19 bits per heavy atom. The summed E-state index contributed by atoms with van der Waals surface area (Å²) in [6.07, 6.45) is 3.29. The molecule has 2 atom stereocenters. The minimum Gasteiger partial charge on any atom is -0.507 e. The molecule has 2 unspecified atom stereocenters. The molecule has 1 N–H and O–H groups in total. The lowest BCUT2D eigenvalue weighted by Gasteiger charge is -2.27. The minimum absolute atomic E-state index is 0.0788. The van der Waals surface area contributed by atoms with Gasteiger partial charge in [-0.3, -0.25) is 9.59 Å². The fourth-order valence-corrected chi connectivity index (χ4v) is 4.35. The summed E-state index contributed by atoms with van der Waals surface area (Å²) in [7, 11) is 0. The summed E-state index contributed by atoms with van der Waals surface area (Å²) >= 11 is 3.42. The van der Waals surface area contributed by atoms with Crippen LogP contribution in [0.3, 0.4) is 0 Å². The van der Waals surface area contributed by atoms with Gasteiger partial charge in [-0.05, 0) is 54.8 Å². The van der Waals surface area contributed by atoms with Crippen LogP contribution in [0, 0.1) is 0 Å². The quantitative estimate of drug-likeness (QED) is 0.261. The number of aliphatic hydroxyl groups is 1. The predicted molar refractivity (Wildman–Crippen MR) is 124 cm³/mol. The second-order valence-corrected chi connectivity index (χ2v) is 8.68. The van der Waals surface area contributed by atoms with Crippen LogP contribution in [0.5, 0.6) is 5.75 Å². The number of halogens is 1. The smallest absolute Gasteiger partial charge is 0.295 e. The molecule has 2 fully saturated rings. The van der Waals surface area contributed by atoms with Crippen molar-refractivity contribution in [3.05, 3.63) is 82.4 Å². The van der Waals surface area contributed by atoms with E-state index in [-0.39, 0.29) is 17.4 Å². The summed E-state index contributed by atoms with van der Waals surface area (Å²) in [5, 5.41) is 11.1. The first-order chi connectivity index (χ1) is 15.5. The van der Waals surface area contributed by atoms with E-state index in [1.807, 2.05) is 24.3 Å². The Kier molecular flexibility index (Phi) is 6.77. The highest BCUT2D eigenvalue weighted by Gasteiger charge is 2.47. The highest BCUT2D eigenvalue weighted by Crippen LogP contribution is 2.40. The van der Waals surface area contributed by atoms with Crippen LogP contribution in [0.25, 0.3) is 5.76 Å². The third-order valence-corrected chi connectivity index (χ3v) is 6.17. The monoisotopic (exact) mass is 497 g/mol. The first-order valence-corrected chi connectivity index (χ1v) is 11.3. The number of rotatable bonds is 7. The Morgan fingerprint density at radius 2 is 1.91 bits per heavy atom. The number of carbonyl (C=O) groups excluding carboxylic acids is 2. The van der Waals surface area contributed by atoms with Crippen molar-refractivity contribution in [2.45, 2.75) is 25.0 Å². The van der Waals surface area contributed by atoms with Gasteiger partial charge < -0.3 is 19.5 Å². The lowest BCUT2D eigenvalue weighted by Crippen LogP contribution is -2.36. The maximum atomic E-state index is 13.1. The SMILES string of the molecule is C=CCOc1ccc(C(O)=C2C(=O)C(=O)N(CC3CCCO3)C2c2ccc(Br)cc2)cc1. The normalized spacial score (nSPS) is 22.3. The molecule has 32 heavy (non-hydrogen) atoms. The van der Waals surface area contributed by atoms with Crippen molar-refractivity contribution < 1.29 is 24.2 Å². The molecule has 7 heteroatoms. The summed E-state index contributed by atoms with van der Waals surface area (Å²) in [5.41, 5.74) is 1.26. The van der Waals surface area contributed by atoms with Gasteiger partial charge in [0.1, 0.15) is 18.1 Å². The number of hydrogen-bond acceptors (Lipinski definition) is 5. The van der Waals surface area contributed by atoms with E-state index in [1.165, 1.54) is 4.90 Å². The van der Waals surface area contributed by atoms with Crippen LogP contribution in [0.4, 0.5) is 0 Å². The lowest BCUT2D eigenvalue weighted by molar-refractivity contribution is -0.140. The molecule has 2 aromatic carbocycles. The number of likely N-dealkylation sites (tertiary alicyclic amines) is 1. The Balaban J connectivity index is 1.74. The van der Waals surface area contributed by atoms with Crippen molar-refractivity contribution >= 4 is 33.4 Å². The zero-order valence-corrected chi connectivity index (χ0v) is 19.1. The van der Waals surface area contributed by atoms with Crippen molar-refractivity contribution in [3.8, 4) is 5.75 Å². The van der Waals surface area contributed by atoms with Gasteiger partial charge in [0.05, 0.1) is 17.7 Å². The molecular weight excluding hydrogens is 474 g/mol. The molecule has 166 valence electrons. The Morgan fingerprint density at radius 3 is 2.53 bits per heavy atom. The molecule has 2 aromatic rings. The molecule has 2 heterocycles. The summed E-state index contributed by atoms with van der Waals surface area (Å²) < 4.78 is 12.1. The van der Waals surface area contributed by atoms with Crippen LogP contribution in [0.1, 0.15) is 30.0 Å². The molecule has 6 nitrogen and oxygen atoms in total. The number of hydrogen-bond donors (Lipinski definition) is 1. The van der Waals surface area contributed by atoms with Gasteiger partial charge in [-0.1, -0.05) is 40.7 Å². The van der Waals surface area contributed by atoms with Gasteiger partial charge in [0.2, 0.25) is 0 Å². The van der Waals surface area contributed by atoms with Crippen LogP contribution in [-0.4, -0.2) is 47.6 Å². The van der Waals surface area contributed by atoms with Crippen LogP contribution < -0.4 is 4.74 Å². The molecular formula is C25H24BrNO5. The standard InChI is InChI=1S/C25H24BrNO5/c1-2-13-31-19-11-7-17(8-12-19)23(28)21-22(16-5-9-18(26)10-6-16)27(25(30)24(21)29)15-20-4-3-14-32-20/h2,5-12,20,22,28H,1,3-4,13-15H2. The van der Waals surface area contributed by atoms with Gasteiger partial charge in [0.25, 0.3) is 11.7 Å². The van der Waals surface area contributed by atoms with Gasteiger partial charge in [-0.15, -0.1) is 0 Å². The van der Waals surface area contributed by atoms with Crippen molar-refractivity contribution in [2.24, 2.45) is 0 Å². The summed E-state index contributed by atoms with van der Waals surface area (Å²) in [4.78, 5) is 27.6. The van der Waals surface area contributed by atoms with E-state index in [0.29, 0.717) is 31.1 Å². The number of aliphatic hydroxyl groups excluding tert-OH is 1. The molecule has 0 saturated carbocycles. The van der Waals surface area contributed by atoms with Gasteiger partial charge in [-0.25, -0.2) is 0 Å². The Labute approximate surface area is 195 Å². The third-order valence-electron chi connectivity index (χ3n) is 5.65. The summed E-state index contributed by atoms with van der Waals surface area (Å²) in [5.74, 6) is -0.910. The van der Waals surface area contributed by atoms with E-state index in [2.05, 4.69) is 22.5 Å². The molecule has 2 saturated heterocycles. The first-order valence-electron chi connectivity index (χ1n) is 10.5. The summed E-state index contributed by atoms with van der Waals surface area (Å²) in [6.45, 7) is 4.93. The lowest BCUT2D eigenvalue weighted by atomic mass is 9.95. The highest BCUT2D eigenvalue weighted by molar-refractivity contribution is 9.10. The Bertz CT molecular complexity index is 1040. The van der Waals surface area contributed by atoms with Crippen molar-refractivity contribution in [3.63, 3.8) is 0 Å². The molecule has 1 amide bonds. The average molecular weight is 498 g/mol. The maximum Gasteiger partial charge on any atom is 0.295 e. The van der Waals surface area contributed by atoms with Crippen LogP contribution in [0.2, 0.25) is 0 Å². The van der Waals surface area contributed by atoms with E-state index in [9.17, 15) is 14.7 Å². The van der Waals surface area contributed by atoms with Crippen LogP contribution in [0.15, 0.2) is 71.2 Å². The molecule has 4 rings (SSSR count). The number of nitrogens with zero attached hydrogens (tertiary/aromatic N) is 1. The van der Waals surface area contributed by atoms with E-state index >= 15 is 0 Å². The first kappa shape index (κ1) is 22.3. The third kappa shape index (κ3) is 4.49. The molecule has 0 spiro atoms. The second-order valence-electron chi connectivity index (χ2n) is 7.76. The van der Waals surface area contributed by atoms with Gasteiger partial charge >= 0.3 is 0 Å². The largest absolute Gasteiger partial charge is 0.507 e. The number of Topliss-reactive ketones (excluding diaryl/α,β-unsaturated/α-hetero) is 1. The maximum absolute atomic E-state index is 13.1.